The van der Waals surface area contributed by atoms with Gasteiger partial charge in [-0.2, -0.15) is 0 Å². The molecule has 0 bridgehead atoms. The van der Waals surface area contributed by atoms with E-state index in [0.29, 0.717) is 50.1 Å². The Bertz CT molecular complexity index is 712. The van der Waals surface area contributed by atoms with Crippen LogP contribution in [0.1, 0.15) is 31.2 Å². The summed E-state index contributed by atoms with van der Waals surface area (Å²) in [6, 6.07) is 7.51. The van der Waals surface area contributed by atoms with Gasteiger partial charge in [0.2, 0.25) is 5.91 Å². The minimum absolute atomic E-state index is 0.0393. The number of ether oxygens (including phenoxy) is 1. The van der Waals surface area contributed by atoms with Gasteiger partial charge in [0.25, 0.3) is 0 Å². The molecule has 5 nitrogen and oxygen atoms in total. The maximum atomic E-state index is 13.6. The van der Waals surface area contributed by atoms with E-state index < -0.39 is 17.3 Å². The van der Waals surface area contributed by atoms with Gasteiger partial charge in [0.15, 0.2) is 0 Å². The van der Waals surface area contributed by atoms with Crippen molar-refractivity contribution >= 4 is 23.5 Å². The second-order valence-corrected chi connectivity index (χ2v) is 8.30. The number of amides is 1. The summed E-state index contributed by atoms with van der Waals surface area (Å²) in [5.74, 6) is -0.625. The Kier molecular flexibility index (Phi) is 4.70. The molecule has 1 aliphatic carbocycles. The maximum Gasteiger partial charge on any atom is 0.308 e. The van der Waals surface area contributed by atoms with Gasteiger partial charge < -0.3 is 14.7 Å². The van der Waals surface area contributed by atoms with Gasteiger partial charge in [-0.25, -0.2) is 0 Å². The molecule has 0 aromatic heterocycles. The summed E-state index contributed by atoms with van der Waals surface area (Å²) < 4.78 is 5.52. The highest BCUT2D eigenvalue weighted by Gasteiger charge is 2.51. The monoisotopic (exact) mass is 377 g/mol. The van der Waals surface area contributed by atoms with Crippen molar-refractivity contribution in [1.29, 1.82) is 0 Å². The molecule has 1 saturated carbocycles. The molecule has 2 aliphatic heterocycles. The summed E-state index contributed by atoms with van der Waals surface area (Å²) in [5, 5.41) is 10.2. The molecule has 2 heterocycles. The minimum atomic E-state index is -0.777. The summed E-state index contributed by atoms with van der Waals surface area (Å²) in [7, 11) is 0. The van der Waals surface area contributed by atoms with Crippen molar-refractivity contribution in [2.45, 2.75) is 31.1 Å². The lowest BCUT2D eigenvalue weighted by Crippen LogP contribution is -2.49. The molecule has 3 fully saturated rings. The summed E-state index contributed by atoms with van der Waals surface area (Å²) in [5.41, 5.74) is 0.255. The highest BCUT2D eigenvalue weighted by atomic mass is 35.5. The standard InChI is InChI=1S/C20H24ClNO4/c21-15-3-1-2-14(10-15)20(6-8-26-9-7-20)19(25)22-11-16(13-4-5-13)17(12-22)18(23)24/h1-3,10,13,16-17H,4-9,11-12H2,(H,23,24)/t16-,17+/m1/s1. The maximum absolute atomic E-state index is 13.6. The van der Waals surface area contributed by atoms with Crippen LogP contribution in [0.3, 0.4) is 0 Å². The van der Waals surface area contributed by atoms with E-state index >= 15 is 0 Å². The van der Waals surface area contributed by atoms with Crippen LogP contribution in [-0.2, 0) is 19.7 Å². The quantitative estimate of drug-likeness (QED) is 0.876. The average Bonchev–Trinajstić information content (AvgIpc) is 3.39. The lowest BCUT2D eigenvalue weighted by molar-refractivity contribution is -0.143. The third-order valence-electron chi connectivity index (χ3n) is 6.33. The van der Waals surface area contributed by atoms with Gasteiger partial charge in [-0.3, -0.25) is 9.59 Å². The van der Waals surface area contributed by atoms with Crippen molar-refractivity contribution in [1.82, 2.24) is 4.90 Å². The summed E-state index contributed by atoms with van der Waals surface area (Å²) in [4.78, 5) is 27.1. The SMILES string of the molecule is O=C(O)[C@H]1CN(C(=O)C2(c3cccc(Cl)c3)CCOCC2)C[C@@H]1C1CC1. The van der Waals surface area contributed by atoms with E-state index in [1.165, 1.54) is 0 Å². The average molecular weight is 378 g/mol. The number of carboxylic acids is 1. The van der Waals surface area contributed by atoms with Crippen LogP contribution in [0.25, 0.3) is 0 Å². The van der Waals surface area contributed by atoms with E-state index in [1.807, 2.05) is 24.3 Å². The Morgan fingerprint density at radius 3 is 2.54 bits per heavy atom. The van der Waals surface area contributed by atoms with Crippen molar-refractivity contribution in [3.63, 3.8) is 0 Å². The molecule has 6 heteroatoms. The van der Waals surface area contributed by atoms with Gasteiger partial charge in [0.1, 0.15) is 0 Å². The third-order valence-corrected chi connectivity index (χ3v) is 6.57. The highest BCUT2D eigenvalue weighted by molar-refractivity contribution is 6.30. The van der Waals surface area contributed by atoms with Crippen LogP contribution >= 0.6 is 11.6 Å². The number of halogens is 1. The Hall–Kier alpha value is -1.59. The number of benzene rings is 1. The zero-order chi connectivity index (χ0) is 18.3. The van der Waals surface area contributed by atoms with Crippen molar-refractivity contribution < 1.29 is 19.4 Å². The van der Waals surface area contributed by atoms with Crippen LogP contribution in [0, 0.1) is 17.8 Å². The highest BCUT2D eigenvalue weighted by Crippen LogP contribution is 2.46. The van der Waals surface area contributed by atoms with Crippen LogP contribution in [0.5, 0.6) is 0 Å². The number of nitrogens with zero attached hydrogens (tertiary/aromatic N) is 1. The zero-order valence-corrected chi connectivity index (χ0v) is 15.5. The third kappa shape index (κ3) is 3.12. The molecular formula is C20H24ClNO4. The Balaban J connectivity index is 1.64. The van der Waals surface area contributed by atoms with Crippen molar-refractivity contribution in [3.05, 3.63) is 34.9 Å². The molecule has 3 aliphatic rings. The molecule has 1 amide bonds. The number of hydrogen-bond acceptors (Lipinski definition) is 3. The number of hydrogen-bond donors (Lipinski definition) is 1. The first-order chi connectivity index (χ1) is 12.5. The predicted molar refractivity (Wildman–Crippen MR) is 97.1 cm³/mol. The molecule has 0 radical (unpaired) electrons. The molecule has 2 saturated heterocycles. The summed E-state index contributed by atoms with van der Waals surface area (Å²) >= 11 is 6.19. The number of likely N-dealkylation sites (tertiary alicyclic amines) is 1. The van der Waals surface area contributed by atoms with Gasteiger partial charge in [0, 0.05) is 31.3 Å². The zero-order valence-electron chi connectivity index (χ0n) is 14.7. The van der Waals surface area contributed by atoms with Crippen molar-refractivity contribution in [2.75, 3.05) is 26.3 Å². The van der Waals surface area contributed by atoms with Gasteiger partial charge in [-0.15, -0.1) is 0 Å². The first-order valence-electron chi connectivity index (χ1n) is 9.37. The smallest absolute Gasteiger partial charge is 0.308 e. The van der Waals surface area contributed by atoms with E-state index in [4.69, 9.17) is 16.3 Å². The molecule has 0 spiro atoms. The Labute approximate surface area is 158 Å². The lowest BCUT2D eigenvalue weighted by Gasteiger charge is -2.39. The van der Waals surface area contributed by atoms with E-state index in [2.05, 4.69) is 0 Å². The van der Waals surface area contributed by atoms with E-state index in [1.54, 1.807) is 4.90 Å². The lowest BCUT2D eigenvalue weighted by atomic mass is 9.73. The Morgan fingerprint density at radius 1 is 1.19 bits per heavy atom. The van der Waals surface area contributed by atoms with Crippen LogP contribution in [0.15, 0.2) is 24.3 Å². The molecule has 140 valence electrons. The van der Waals surface area contributed by atoms with Crippen LogP contribution in [0.2, 0.25) is 5.02 Å². The molecule has 1 N–H and O–H groups in total. The topological polar surface area (TPSA) is 66.8 Å². The second kappa shape index (κ2) is 6.86. The molecule has 2 atom stereocenters. The molecule has 26 heavy (non-hydrogen) atoms. The Morgan fingerprint density at radius 2 is 1.92 bits per heavy atom. The van der Waals surface area contributed by atoms with E-state index in [9.17, 15) is 14.7 Å². The molecule has 0 unspecified atom stereocenters. The van der Waals surface area contributed by atoms with Crippen LogP contribution in [-0.4, -0.2) is 48.2 Å². The predicted octanol–water partition coefficient (Wildman–Crippen LogP) is 2.96. The molecule has 1 aromatic rings. The fourth-order valence-corrected chi connectivity index (χ4v) is 4.88. The number of carbonyl (C=O) groups is 2. The summed E-state index contributed by atoms with van der Waals surface area (Å²) in [6.07, 6.45) is 3.39. The van der Waals surface area contributed by atoms with Crippen molar-refractivity contribution in [3.8, 4) is 0 Å². The van der Waals surface area contributed by atoms with Gasteiger partial charge >= 0.3 is 5.97 Å². The molecular weight excluding hydrogens is 354 g/mol. The van der Waals surface area contributed by atoms with Gasteiger partial charge in [-0.05, 0) is 55.2 Å². The molecule has 4 rings (SSSR count). The van der Waals surface area contributed by atoms with Crippen molar-refractivity contribution in [2.24, 2.45) is 17.8 Å². The van der Waals surface area contributed by atoms with Crippen LogP contribution < -0.4 is 0 Å². The number of aliphatic carboxylic acids is 1. The number of rotatable bonds is 4. The first kappa shape index (κ1) is 17.8. The number of carboxylic acid groups (broad SMARTS) is 1. The minimum Gasteiger partial charge on any atom is -0.481 e. The fraction of sp³-hybridized carbons (Fsp3) is 0.600. The number of carbonyl (C=O) groups excluding carboxylic acids is 1. The van der Waals surface area contributed by atoms with E-state index in [-0.39, 0.29) is 11.8 Å². The normalized spacial score (nSPS) is 28.1. The molecule has 1 aromatic carbocycles. The summed E-state index contributed by atoms with van der Waals surface area (Å²) in [6.45, 7) is 1.93. The van der Waals surface area contributed by atoms with Gasteiger partial charge in [0.05, 0.1) is 11.3 Å². The van der Waals surface area contributed by atoms with Gasteiger partial charge in [-0.1, -0.05) is 23.7 Å². The first-order valence-corrected chi connectivity index (χ1v) is 9.75. The second-order valence-electron chi connectivity index (χ2n) is 7.86. The largest absolute Gasteiger partial charge is 0.481 e. The van der Waals surface area contributed by atoms with E-state index in [0.717, 1.165) is 18.4 Å². The van der Waals surface area contributed by atoms with Crippen LogP contribution in [0.4, 0.5) is 0 Å². The fourth-order valence-electron chi connectivity index (χ4n) is 4.69.